The molecule has 1 aliphatic rings. The molecular weight excluding hydrogens is 357 g/mol. The minimum absolute atomic E-state index is 0.144. The second-order valence-electron chi connectivity index (χ2n) is 7.18. The van der Waals surface area contributed by atoms with Gasteiger partial charge in [0.15, 0.2) is 0 Å². The molecule has 0 unspecified atom stereocenters. The van der Waals surface area contributed by atoms with Crippen LogP contribution in [0.3, 0.4) is 0 Å². The number of fused-ring (bicyclic) bond motifs is 1. The Kier molecular flexibility index (Phi) is 4.86. The Hall–Kier alpha value is -3.15. The minimum Gasteiger partial charge on any atom is -0.355 e. The number of amides is 2. The topological polar surface area (TPSA) is 63.1 Å². The van der Waals surface area contributed by atoms with Gasteiger partial charge in [0.1, 0.15) is 5.82 Å². The summed E-state index contributed by atoms with van der Waals surface area (Å²) in [5.74, 6) is -0.770. The van der Waals surface area contributed by atoms with Crippen molar-refractivity contribution < 1.29 is 14.0 Å². The largest absolute Gasteiger partial charge is 0.355 e. The van der Waals surface area contributed by atoms with E-state index in [1.54, 1.807) is 31.4 Å². The van der Waals surface area contributed by atoms with E-state index in [1.807, 2.05) is 22.8 Å². The number of carbonyl (C=O) groups excluding carboxylic acids is 2. The molecule has 2 N–H and O–H groups in total. The van der Waals surface area contributed by atoms with Crippen molar-refractivity contribution in [2.45, 2.75) is 31.8 Å². The Morgan fingerprint density at radius 2 is 1.86 bits per heavy atom. The summed E-state index contributed by atoms with van der Waals surface area (Å²) in [5, 5.41) is 5.93. The van der Waals surface area contributed by atoms with Gasteiger partial charge in [0.05, 0.1) is 11.1 Å². The molecule has 1 heterocycles. The summed E-state index contributed by atoms with van der Waals surface area (Å²) in [5.41, 5.74) is 2.58. The maximum atomic E-state index is 14.5. The first-order valence-electron chi connectivity index (χ1n) is 9.46. The summed E-state index contributed by atoms with van der Waals surface area (Å²) in [7, 11) is 1.59. The summed E-state index contributed by atoms with van der Waals surface area (Å²) in [6.45, 7) is 0.477. The van der Waals surface area contributed by atoms with Gasteiger partial charge in [-0.3, -0.25) is 9.59 Å². The zero-order valence-corrected chi connectivity index (χ0v) is 15.7. The second kappa shape index (κ2) is 7.46. The van der Waals surface area contributed by atoms with Gasteiger partial charge in [-0.15, -0.1) is 0 Å². The molecule has 6 heteroatoms. The molecule has 2 aromatic carbocycles. The normalized spacial score (nSPS) is 13.9. The Balaban J connectivity index is 1.66. The highest BCUT2D eigenvalue weighted by Crippen LogP contribution is 2.27. The van der Waals surface area contributed by atoms with Gasteiger partial charge in [-0.05, 0) is 49.1 Å². The van der Waals surface area contributed by atoms with E-state index in [0.29, 0.717) is 28.6 Å². The van der Waals surface area contributed by atoms with Gasteiger partial charge >= 0.3 is 0 Å². The highest BCUT2D eigenvalue weighted by atomic mass is 19.1. The molecule has 0 atom stereocenters. The van der Waals surface area contributed by atoms with Crippen LogP contribution in [-0.4, -0.2) is 29.5 Å². The lowest BCUT2D eigenvalue weighted by molar-refractivity contribution is 0.0916. The average Bonchev–Trinajstić information content (AvgIpc) is 3.04. The van der Waals surface area contributed by atoms with Crippen molar-refractivity contribution in [1.29, 1.82) is 0 Å². The van der Waals surface area contributed by atoms with E-state index in [-0.39, 0.29) is 17.9 Å². The molecule has 0 radical (unpaired) electrons. The molecule has 5 nitrogen and oxygen atoms in total. The van der Waals surface area contributed by atoms with Crippen LogP contribution in [0.25, 0.3) is 10.9 Å². The molecule has 3 aromatic rings. The van der Waals surface area contributed by atoms with Crippen molar-refractivity contribution in [3.05, 3.63) is 71.2 Å². The van der Waals surface area contributed by atoms with E-state index in [4.69, 9.17) is 0 Å². The quantitative estimate of drug-likeness (QED) is 0.713. The van der Waals surface area contributed by atoms with Crippen molar-refractivity contribution in [2.75, 3.05) is 7.05 Å². The van der Waals surface area contributed by atoms with Gasteiger partial charge in [0.2, 0.25) is 0 Å². The van der Waals surface area contributed by atoms with E-state index in [9.17, 15) is 14.0 Å². The third-order valence-corrected chi connectivity index (χ3v) is 5.34. The fourth-order valence-corrected chi connectivity index (χ4v) is 3.53. The van der Waals surface area contributed by atoms with E-state index in [0.717, 1.165) is 24.8 Å². The maximum Gasteiger partial charge on any atom is 0.253 e. The molecule has 0 saturated heterocycles. The first-order valence-corrected chi connectivity index (χ1v) is 9.46. The number of nitrogens with zero attached hydrogens (tertiary/aromatic N) is 1. The zero-order chi connectivity index (χ0) is 19.7. The number of hydrogen-bond acceptors (Lipinski definition) is 2. The number of hydrogen-bond donors (Lipinski definition) is 2. The minimum atomic E-state index is -0.398. The lowest BCUT2D eigenvalue weighted by atomic mass is 9.93. The molecule has 4 rings (SSSR count). The van der Waals surface area contributed by atoms with Crippen LogP contribution in [0.5, 0.6) is 0 Å². The summed E-state index contributed by atoms with van der Waals surface area (Å²) in [6, 6.07) is 12.3. The molecular formula is C22H22FN3O2. The van der Waals surface area contributed by atoms with Crippen molar-refractivity contribution in [3.63, 3.8) is 0 Å². The number of nitrogens with one attached hydrogen (secondary N) is 2. The molecule has 0 bridgehead atoms. The summed E-state index contributed by atoms with van der Waals surface area (Å²) in [6.07, 6.45) is 4.79. The standard InChI is InChI=1S/C22H22FN3O2/c1-24-21(27)15-10-8-14(9-11-15)12-26-13-17(22(28)25-16-4-2-5-16)20-18(23)6-3-7-19(20)26/h3,6-11,13,16H,2,4-5,12H2,1H3,(H,24,27)(H,25,28). The molecule has 1 saturated carbocycles. The van der Waals surface area contributed by atoms with Crippen LogP contribution in [-0.2, 0) is 6.54 Å². The van der Waals surface area contributed by atoms with Crippen molar-refractivity contribution in [3.8, 4) is 0 Å². The smallest absolute Gasteiger partial charge is 0.253 e. The van der Waals surface area contributed by atoms with Crippen LogP contribution in [0.1, 0.15) is 45.5 Å². The number of benzene rings is 2. The summed E-state index contributed by atoms with van der Waals surface area (Å²) in [4.78, 5) is 24.4. The Morgan fingerprint density at radius 1 is 1.11 bits per heavy atom. The monoisotopic (exact) mass is 379 g/mol. The lowest BCUT2D eigenvalue weighted by Gasteiger charge is -2.26. The van der Waals surface area contributed by atoms with Crippen LogP contribution >= 0.6 is 0 Å². The first-order chi connectivity index (χ1) is 13.6. The van der Waals surface area contributed by atoms with E-state index in [2.05, 4.69) is 10.6 Å². The lowest BCUT2D eigenvalue weighted by Crippen LogP contribution is -2.39. The Morgan fingerprint density at radius 3 is 2.50 bits per heavy atom. The predicted molar refractivity (Wildman–Crippen MR) is 106 cm³/mol. The van der Waals surface area contributed by atoms with E-state index in [1.165, 1.54) is 6.07 Å². The highest BCUT2D eigenvalue weighted by Gasteiger charge is 2.23. The van der Waals surface area contributed by atoms with Crippen LogP contribution in [0.2, 0.25) is 0 Å². The van der Waals surface area contributed by atoms with Gasteiger partial charge in [0, 0.05) is 36.8 Å². The fourth-order valence-electron chi connectivity index (χ4n) is 3.53. The molecule has 1 aromatic heterocycles. The predicted octanol–water partition coefficient (Wildman–Crippen LogP) is 3.47. The van der Waals surface area contributed by atoms with Crippen molar-refractivity contribution >= 4 is 22.7 Å². The van der Waals surface area contributed by atoms with Gasteiger partial charge in [-0.25, -0.2) is 4.39 Å². The number of aromatic nitrogens is 1. The molecule has 28 heavy (non-hydrogen) atoms. The number of halogens is 1. The SMILES string of the molecule is CNC(=O)c1ccc(Cn2cc(C(=O)NC3CCC3)c3c(F)cccc32)cc1. The van der Waals surface area contributed by atoms with Gasteiger partial charge in [-0.2, -0.15) is 0 Å². The van der Waals surface area contributed by atoms with E-state index >= 15 is 0 Å². The number of rotatable bonds is 5. The van der Waals surface area contributed by atoms with Crippen LogP contribution in [0.15, 0.2) is 48.7 Å². The molecule has 2 amide bonds. The average molecular weight is 379 g/mol. The van der Waals surface area contributed by atoms with Crippen molar-refractivity contribution in [1.82, 2.24) is 15.2 Å². The summed E-state index contributed by atoms with van der Waals surface area (Å²) >= 11 is 0. The Bertz CT molecular complexity index is 1040. The molecule has 1 aliphatic carbocycles. The van der Waals surface area contributed by atoms with Crippen LogP contribution in [0.4, 0.5) is 4.39 Å². The van der Waals surface area contributed by atoms with Gasteiger partial charge in [-0.1, -0.05) is 18.2 Å². The Labute approximate surface area is 162 Å². The molecule has 1 fully saturated rings. The van der Waals surface area contributed by atoms with E-state index < -0.39 is 5.82 Å². The van der Waals surface area contributed by atoms with Gasteiger partial charge in [0.25, 0.3) is 11.8 Å². The highest BCUT2D eigenvalue weighted by molar-refractivity contribution is 6.07. The third kappa shape index (κ3) is 3.38. The second-order valence-corrected chi connectivity index (χ2v) is 7.18. The summed E-state index contributed by atoms with van der Waals surface area (Å²) < 4.78 is 16.4. The number of carbonyl (C=O) groups is 2. The van der Waals surface area contributed by atoms with Crippen molar-refractivity contribution in [2.24, 2.45) is 0 Å². The first kappa shape index (κ1) is 18.2. The third-order valence-electron chi connectivity index (χ3n) is 5.34. The molecule has 144 valence electrons. The van der Waals surface area contributed by atoms with Crippen LogP contribution in [0, 0.1) is 5.82 Å². The van der Waals surface area contributed by atoms with Gasteiger partial charge < -0.3 is 15.2 Å². The molecule has 0 spiro atoms. The molecule has 0 aliphatic heterocycles. The zero-order valence-electron chi connectivity index (χ0n) is 15.7. The van der Waals surface area contributed by atoms with Crippen LogP contribution < -0.4 is 10.6 Å². The fraction of sp³-hybridized carbons (Fsp3) is 0.273. The maximum absolute atomic E-state index is 14.5.